The van der Waals surface area contributed by atoms with Gasteiger partial charge in [0.25, 0.3) is 5.22 Å². The van der Waals surface area contributed by atoms with Crippen LogP contribution in [0.3, 0.4) is 0 Å². The van der Waals surface area contributed by atoms with Crippen LogP contribution in [0.4, 0.5) is 17.6 Å². The monoisotopic (exact) mass is 447 g/mol. The van der Waals surface area contributed by atoms with Crippen molar-refractivity contribution in [3.63, 3.8) is 0 Å². The van der Waals surface area contributed by atoms with Gasteiger partial charge < -0.3 is 15.5 Å². The number of rotatable bonds is 6. The molecule has 32 heavy (non-hydrogen) atoms. The number of nitrogens with two attached hydrogens (primary N) is 1. The third-order valence-corrected chi connectivity index (χ3v) is 5.55. The van der Waals surface area contributed by atoms with Crippen molar-refractivity contribution in [1.29, 1.82) is 0 Å². The molecule has 0 saturated carbocycles. The van der Waals surface area contributed by atoms with Crippen LogP contribution in [0.1, 0.15) is 37.7 Å². The summed E-state index contributed by atoms with van der Waals surface area (Å²) in [5.74, 6) is 1.95. The number of nitrogen functional groups attached to an aromatic ring is 1. The van der Waals surface area contributed by atoms with E-state index in [9.17, 15) is 0 Å². The molecule has 8 nitrogen and oxygen atoms in total. The Labute approximate surface area is 191 Å². The quantitative estimate of drug-likeness (QED) is 0.387. The largest absolute Gasteiger partial charge is 0.411 e. The minimum atomic E-state index is 0.0912. The molecule has 4 rings (SSSR count). The molecule has 2 aromatic heterocycles. The predicted molar refractivity (Wildman–Crippen MR) is 127 cm³/mol. The first-order valence-corrected chi connectivity index (χ1v) is 11.2. The number of aromatic nitrogens is 5. The lowest BCUT2D eigenvalue weighted by Gasteiger charge is -2.18. The second-order valence-electron chi connectivity index (χ2n) is 8.41. The van der Waals surface area contributed by atoms with Gasteiger partial charge in [-0.15, -0.1) is 10.2 Å². The Morgan fingerprint density at radius 1 is 0.938 bits per heavy atom. The van der Waals surface area contributed by atoms with Gasteiger partial charge in [-0.05, 0) is 42.2 Å². The molecule has 0 radical (unpaired) electrons. The van der Waals surface area contributed by atoms with Gasteiger partial charge in [-0.3, -0.25) is 0 Å². The van der Waals surface area contributed by atoms with E-state index in [4.69, 9.17) is 10.2 Å². The molecule has 164 valence electrons. The summed E-state index contributed by atoms with van der Waals surface area (Å²) in [5, 5.41) is 11.9. The van der Waals surface area contributed by atoms with Gasteiger partial charge in [0.15, 0.2) is 0 Å². The van der Waals surface area contributed by atoms with Crippen molar-refractivity contribution < 1.29 is 4.42 Å². The number of hydrogen-bond donors (Lipinski definition) is 2. The Morgan fingerprint density at radius 3 is 2.34 bits per heavy atom. The van der Waals surface area contributed by atoms with Crippen LogP contribution in [0.25, 0.3) is 11.5 Å². The van der Waals surface area contributed by atoms with E-state index in [0.717, 1.165) is 11.3 Å². The minimum Gasteiger partial charge on any atom is -0.411 e. The minimum absolute atomic E-state index is 0.0912. The summed E-state index contributed by atoms with van der Waals surface area (Å²) in [6.07, 6.45) is 0. The Bertz CT molecular complexity index is 1200. The first-order chi connectivity index (χ1) is 15.3. The summed E-state index contributed by atoms with van der Waals surface area (Å²) in [7, 11) is 0. The molecule has 0 bridgehead atoms. The average molecular weight is 448 g/mol. The number of benzene rings is 2. The molecule has 4 aromatic rings. The molecule has 0 aliphatic carbocycles. The van der Waals surface area contributed by atoms with E-state index in [0.29, 0.717) is 28.6 Å². The maximum absolute atomic E-state index is 5.87. The highest BCUT2D eigenvalue weighted by molar-refractivity contribution is 7.98. The fourth-order valence-corrected chi connectivity index (χ4v) is 3.57. The van der Waals surface area contributed by atoms with Crippen molar-refractivity contribution in [2.45, 2.75) is 44.1 Å². The van der Waals surface area contributed by atoms with Crippen LogP contribution in [-0.2, 0) is 11.2 Å². The zero-order chi connectivity index (χ0) is 22.7. The van der Waals surface area contributed by atoms with Gasteiger partial charge in [0.1, 0.15) is 5.82 Å². The Hall–Kier alpha value is -3.46. The van der Waals surface area contributed by atoms with Crippen LogP contribution >= 0.6 is 11.8 Å². The molecular weight excluding hydrogens is 422 g/mol. The van der Waals surface area contributed by atoms with Crippen molar-refractivity contribution in [3.8, 4) is 11.5 Å². The molecule has 0 spiro atoms. The highest BCUT2D eigenvalue weighted by Crippen LogP contribution is 2.28. The zero-order valence-electron chi connectivity index (χ0n) is 18.5. The lowest BCUT2D eigenvalue weighted by atomic mass is 9.87. The number of hydrogen-bond acceptors (Lipinski definition) is 9. The van der Waals surface area contributed by atoms with Crippen LogP contribution in [0, 0.1) is 6.92 Å². The maximum atomic E-state index is 5.87. The molecule has 0 aliphatic rings. The lowest BCUT2D eigenvalue weighted by Crippen LogP contribution is -2.10. The molecule has 0 aliphatic heterocycles. The van der Waals surface area contributed by atoms with Crippen LogP contribution in [-0.4, -0.2) is 25.1 Å². The van der Waals surface area contributed by atoms with Crippen LogP contribution < -0.4 is 11.1 Å². The van der Waals surface area contributed by atoms with Crippen molar-refractivity contribution in [2.75, 3.05) is 11.1 Å². The summed E-state index contributed by atoms with van der Waals surface area (Å²) < 4.78 is 5.81. The number of anilines is 3. The van der Waals surface area contributed by atoms with Crippen molar-refractivity contribution in [2.24, 2.45) is 0 Å². The normalized spacial score (nSPS) is 11.5. The van der Waals surface area contributed by atoms with Gasteiger partial charge in [0.05, 0.1) is 5.75 Å². The fourth-order valence-electron chi connectivity index (χ4n) is 2.95. The first kappa shape index (κ1) is 21.8. The van der Waals surface area contributed by atoms with Gasteiger partial charge in [-0.2, -0.15) is 15.0 Å². The third kappa shape index (κ3) is 5.42. The Morgan fingerprint density at radius 2 is 1.66 bits per heavy atom. The van der Waals surface area contributed by atoms with Crippen molar-refractivity contribution in [3.05, 3.63) is 65.5 Å². The van der Waals surface area contributed by atoms with Crippen LogP contribution in [0.15, 0.2) is 58.2 Å². The van der Waals surface area contributed by atoms with E-state index in [1.54, 1.807) is 0 Å². The molecule has 3 N–H and O–H groups in total. The van der Waals surface area contributed by atoms with E-state index >= 15 is 0 Å². The predicted octanol–water partition coefficient (Wildman–Crippen LogP) is 5.15. The number of thioether (sulfide) groups is 1. The molecule has 0 saturated heterocycles. The molecule has 0 atom stereocenters. The van der Waals surface area contributed by atoms with E-state index < -0.39 is 0 Å². The molecule has 0 amide bonds. The second kappa shape index (κ2) is 8.96. The summed E-state index contributed by atoms with van der Waals surface area (Å²) in [5.41, 5.74) is 10.1. The first-order valence-electron chi connectivity index (χ1n) is 10.2. The Balaban J connectivity index is 1.42. The number of nitrogens with zero attached hydrogens (tertiary/aromatic N) is 5. The third-order valence-electron chi connectivity index (χ3n) is 4.74. The highest BCUT2D eigenvalue weighted by Gasteiger charge is 2.15. The smallest absolute Gasteiger partial charge is 0.277 e. The van der Waals surface area contributed by atoms with E-state index in [-0.39, 0.29) is 11.4 Å². The zero-order valence-corrected chi connectivity index (χ0v) is 19.3. The number of nitrogens with one attached hydrogen (secondary N) is 1. The summed E-state index contributed by atoms with van der Waals surface area (Å²) in [6, 6.07) is 16.1. The Kier molecular flexibility index (Phi) is 6.09. The van der Waals surface area contributed by atoms with Gasteiger partial charge in [-0.1, -0.05) is 62.4 Å². The van der Waals surface area contributed by atoms with E-state index in [1.807, 2.05) is 43.3 Å². The van der Waals surface area contributed by atoms with Crippen LogP contribution in [0.2, 0.25) is 0 Å². The molecular formula is C23H25N7OS. The SMILES string of the molecule is Cc1ccc(Nc2nc(N)nc(CSc3nnc(-c4ccc(C(C)(C)C)cc4)o3)n2)cc1. The van der Waals surface area contributed by atoms with Crippen molar-refractivity contribution in [1.82, 2.24) is 25.1 Å². The lowest BCUT2D eigenvalue weighted by molar-refractivity contribution is 0.465. The molecule has 2 aromatic carbocycles. The molecule has 2 heterocycles. The summed E-state index contributed by atoms with van der Waals surface area (Å²) in [4.78, 5) is 12.8. The van der Waals surface area contributed by atoms with Gasteiger partial charge in [0.2, 0.25) is 17.8 Å². The fraction of sp³-hybridized carbons (Fsp3) is 0.261. The maximum Gasteiger partial charge on any atom is 0.277 e. The highest BCUT2D eigenvalue weighted by atomic mass is 32.2. The van der Waals surface area contributed by atoms with Gasteiger partial charge in [0, 0.05) is 11.3 Å². The summed E-state index contributed by atoms with van der Waals surface area (Å²) >= 11 is 1.35. The standard InChI is InChI=1S/C23H25N7OS/c1-14-5-11-17(12-6-14)25-21-27-18(26-20(24)28-21)13-32-22-30-29-19(31-22)15-7-9-16(10-8-15)23(2,3)4/h5-12H,13H2,1-4H3,(H3,24,25,26,27,28). The van der Waals surface area contributed by atoms with E-state index in [1.165, 1.54) is 22.9 Å². The summed E-state index contributed by atoms with van der Waals surface area (Å²) in [6.45, 7) is 8.57. The molecule has 0 unspecified atom stereocenters. The van der Waals surface area contributed by atoms with Crippen molar-refractivity contribution >= 4 is 29.3 Å². The number of aryl methyl sites for hydroxylation is 1. The van der Waals surface area contributed by atoms with Crippen LogP contribution in [0.5, 0.6) is 0 Å². The van der Waals surface area contributed by atoms with Gasteiger partial charge in [-0.25, -0.2) is 0 Å². The van der Waals surface area contributed by atoms with Gasteiger partial charge >= 0.3 is 0 Å². The second-order valence-corrected chi connectivity index (χ2v) is 9.34. The average Bonchev–Trinajstić information content (AvgIpc) is 3.22. The topological polar surface area (TPSA) is 116 Å². The molecule has 0 fully saturated rings. The molecule has 9 heteroatoms. The van der Waals surface area contributed by atoms with E-state index in [2.05, 4.69) is 63.4 Å².